The lowest BCUT2D eigenvalue weighted by Crippen LogP contribution is -2.41. The third kappa shape index (κ3) is 9.38. The van der Waals surface area contributed by atoms with Crippen LogP contribution in [0, 0.1) is 0 Å². The quantitative estimate of drug-likeness (QED) is 0.235. The normalized spacial score (nSPS) is 17.4. The van der Waals surface area contributed by atoms with Crippen molar-refractivity contribution in [3.63, 3.8) is 0 Å². The largest absolute Gasteiger partial charge is 0.492 e. The van der Waals surface area contributed by atoms with Crippen molar-refractivity contribution >= 4 is 5.97 Å². The lowest BCUT2D eigenvalue weighted by molar-refractivity contribution is -0.180. The second-order valence-electron chi connectivity index (χ2n) is 11.0. The van der Waals surface area contributed by atoms with Crippen LogP contribution in [0.25, 0.3) is 11.4 Å². The van der Waals surface area contributed by atoms with E-state index in [2.05, 4.69) is 10.1 Å². The van der Waals surface area contributed by atoms with Gasteiger partial charge in [0.2, 0.25) is 0 Å². The van der Waals surface area contributed by atoms with Crippen LogP contribution in [0.2, 0.25) is 0 Å². The van der Waals surface area contributed by atoms with E-state index in [1.807, 2.05) is 22.9 Å². The van der Waals surface area contributed by atoms with Gasteiger partial charge in [-0.15, -0.1) is 0 Å². The highest BCUT2D eigenvalue weighted by molar-refractivity contribution is 5.78. The molecule has 3 heterocycles. The van der Waals surface area contributed by atoms with E-state index in [0.29, 0.717) is 25.2 Å². The van der Waals surface area contributed by atoms with Crippen LogP contribution >= 0.6 is 0 Å². The Balaban J connectivity index is 1.32. The van der Waals surface area contributed by atoms with Gasteiger partial charge in [-0.2, -0.15) is 5.10 Å². The zero-order valence-corrected chi connectivity index (χ0v) is 22.9. The number of pyridine rings is 1. The maximum absolute atomic E-state index is 14.3. The summed E-state index contributed by atoms with van der Waals surface area (Å²) in [4.78, 5) is 16.7. The SMILES string of the molecule is CC(C)(C)OC(=O)C(C)(C)OCCC(F)CCCCOc1ccc(-c2ccnn2C2CCCCO2)nc1. The number of alkyl halides is 1. The zero-order valence-electron chi connectivity index (χ0n) is 22.9. The molecule has 0 aliphatic carbocycles. The molecule has 206 valence electrons. The fourth-order valence-electron chi connectivity index (χ4n) is 3.98. The highest BCUT2D eigenvalue weighted by atomic mass is 19.1. The molecule has 1 fully saturated rings. The van der Waals surface area contributed by atoms with Crippen LogP contribution in [0.5, 0.6) is 5.75 Å². The average molecular weight is 520 g/mol. The summed E-state index contributed by atoms with van der Waals surface area (Å²) in [6.45, 7) is 10.1. The van der Waals surface area contributed by atoms with Crippen LogP contribution in [0.3, 0.4) is 0 Å². The Morgan fingerprint density at radius 2 is 1.95 bits per heavy atom. The molecule has 8 nitrogen and oxygen atoms in total. The standard InChI is InChI=1S/C28H42FN3O5/c1-27(2,3)37-26(33)28(4,5)36-19-15-21(29)10-6-8-17-34-22-12-13-23(30-20-22)24-14-16-31-32(24)25-11-7-9-18-35-25/h12-14,16,20-21,25H,6-11,15,17-19H2,1-5H3. The zero-order chi connectivity index (χ0) is 26.9. The molecule has 37 heavy (non-hydrogen) atoms. The number of rotatable bonds is 13. The molecule has 2 atom stereocenters. The van der Waals surface area contributed by atoms with Crippen LogP contribution in [-0.4, -0.2) is 57.9 Å². The van der Waals surface area contributed by atoms with E-state index in [0.717, 1.165) is 43.7 Å². The number of hydrogen-bond donors (Lipinski definition) is 0. The molecule has 1 aliphatic rings. The van der Waals surface area contributed by atoms with Gasteiger partial charge in [-0.25, -0.2) is 13.9 Å². The minimum Gasteiger partial charge on any atom is -0.492 e. The third-order valence-electron chi connectivity index (χ3n) is 6.06. The summed E-state index contributed by atoms with van der Waals surface area (Å²) in [5, 5.41) is 4.44. The second-order valence-corrected chi connectivity index (χ2v) is 11.0. The fourth-order valence-corrected chi connectivity index (χ4v) is 3.98. The Hall–Kier alpha value is -2.52. The molecule has 0 N–H and O–H groups in total. The van der Waals surface area contributed by atoms with Crippen LogP contribution in [-0.2, 0) is 19.0 Å². The van der Waals surface area contributed by atoms with Gasteiger partial charge in [0, 0.05) is 19.2 Å². The van der Waals surface area contributed by atoms with Crippen molar-refractivity contribution in [3.8, 4) is 17.1 Å². The molecule has 2 unspecified atom stereocenters. The Bertz CT molecular complexity index is 965. The first kappa shape index (κ1) is 29.0. The fraction of sp³-hybridized carbons (Fsp3) is 0.679. The van der Waals surface area contributed by atoms with Crippen LogP contribution in [0.1, 0.15) is 85.8 Å². The van der Waals surface area contributed by atoms with E-state index in [1.165, 1.54) is 0 Å². The van der Waals surface area contributed by atoms with Crippen molar-refractivity contribution in [2.75, 3.05) is 19.8 Å². The summed E-state index contributed by atoms with van der Waals surface area (Å²) in [6.07, 6.45) is 7.70. The maximum Gasteiger partial charge on any atom is 0.338 e. The van der Waals surface area contributed by atoms with E-state index >= 15 is 0 Å². The molecule has 0 bridgehead atoms. The van der Waals surface area contributed by atoms with Crippen LogP contribution in [0.4, 0.5) is 4.39 Å². The van der Waals surface area contributed by atoms with E-state index in [4.69, 9.17) is 18.9 Å². The number of halogens is 1. The van der Waals surface area contributed by atoms with Crippen molar-refractivity contribution in [3.05, 3.63) is 30.6 Å². The molecular weight excluding hydrogens is 477 g/mol. The number of esters is 1. The van der Waals surface area contributed by atoms with Crippen LogP contribution < -0.4 is 4.74 Å². The predicted molar refractivity (Wildman–Crippen MR) is 139 cm³/mol. The van der Waals surface area contributed by atoms with E-state index in [1.54, 1.807) is 47.0 Å². The summed E-state index contributed by atoms with van der Waals surface area (Å²) in [5.74, 6) is 0.234. The molecule has 2 aromatic rings. The average Bonchev–Trinajstić information content (AvgIpc) is 3.34. The minimum absolute atomic E-state index is 0.0427. The summed E-state index contributed by atoms with van der Waals surface area (Å²) in [7, 11) is 0. The van der Waals surface area contributed by atoms with Crippen molar-refractivity contribution in [2.45, 2.75) is 103 Å². The molecule has 0 spiro atoms. The molecule has 0 radical (unpaired) electrons. The van der Waals surface area contributed by atoms with E-state index in [9.17, 15) is 9.18 Å². The molecule has 9 heteroatoms. The number of ether oxygens (including phenoxy) is 4. The van der Waals surface area contributed by atoms with Gasteiger partial charge in [-0.1, -0.05) is 0 Å². The molecule has 1 saturated heterocycles. The number of unbranched alkanes of at least 4 members (excludes halogenated alkanes) is 1. The first-order valence-corrected chi connectivity index (χ1v) is 13.3. The Morgan fingerprint density at radius 1 is 1.14 bits per heavy atom. The van der Waals surface area contributed by atoms with Crippen molar-refractivity contribution in [1.29, 1.82) is 0 Å². The first-order chi connectivity index (χ1) is 17.5. The summed E-state index contributed by atoms with van der Waals surface area (Å²) >= 11 is 0. The Kier molecular flexibility index (Phi) is 10.5. The molecule has 2 aromatic heterocycles. The smallest absolute Gasteiger partial charge is 0.338 e. The number of nitrogens with zero attached hydrogens (tertiary/aromatic N) is 3. The Labute approximate surface area is 219 Å². The number of aromatic nitrogens is 3. The maximum atomic E-state index is 14.3. The van der Waals surface area contributed by atoms with Gasteiger partial charge in [0.05, 0.1) is 30.8 Å². The van der Waals surface area contributed by atoms with Crippen molar-refractivity contribution in [1.82, 2.24) is 14.8 Å². The lowest BCUT2D eigenvalue weighted by Gasteiger charge is -2.28. The van der Waals surface area contributed by atoms with Crippen molar-refractivity contribution in [2.24, 2.45) is 0 Å². The molecule has 1 aliphatic heterocycles. The molecule has 0 aromatic carbocycles. The third-order valence-corrected chi connectivity index (χ3v) is 6.06. The van der Waals surface area contributed by atoms with E-state index < -0.39 is 23.3 Å². The highest BCUT2D eigenvalue weighted by Crippen LogP contribution is 2.28. The monoisotopic (exact) mass is 519 g/mol. The van der Waals surface area contributed by atoms with Gasteiger partial charge in [-0.05, 0) is 91.3 Å². The minimum atomic E-state index is -1.10. The van der Waals surface area contributed by atoms with Gasteiger partial charge in [0.25, 0.3) is 0 Å². The van der Waals surface area contributed by atoms with Crippen molar-refractivity contribution < 1.29 is 28.1 Å². The summed E-state index contributed by atoms with van der Waals surface area (Å²) in [6, 6.07) is 5.75. The van der Waals surface area contributed by atoms with Crippen LogP contribution in [0.15, 0.2) is 30.6 Å². The van der Waals surface area contributed by atoms with Gasteiger partial charge >= 0.3 is 5.97 Å². The second kappa shape index (κ2) is 13.3. The van der Waals surface area contributed by atoms with Gasteiger partial charge in [0.1, 0.15) is 17.5 Å². The summed E-state index contributed by atoms with van der Waals surface area (Å²) < 4.78 is 38.8. The predicted octanol–water partition coefficient (Wildman–Crippen LogP) is 6.06. The first-order valence-electron chi connectivity index (χ1n) is 13.3. The topological polar surface area (TPSA) is 84.7 Å². The number of carbonyl (C=O) groups excluding carboxylic acids is 1. The molecule has 0 amide bonds. The number of carbonyl (C=O) groups is 1. The summed E-state index contributed by atoms with van der Waals surface area (Å²) in [5.41, 5.74) is 0.0456. The number of hydrogen-bond acceptors (Lipinski definition) is 7. The molecule has 0 saturated carbocycles. The van der Waals surface area contributed by atoms with Gasteiger partial charge in [0.15, 0.2) is 11.8 Å². The van der Waals surface area contributed by atoms with Gasteiger partial charge < -0.3 is 18.9 Å². The molecular formula is C28H42FN3O5. The highest BCUT2D eigenvalue weighted by Gasteiger charge is 2.33. The van der Waals surface area contributed by atoms with Gasteiger partial charge in [-0.3, -0.25) is 4.98 Å². The molecule has 3 rings (SSSR count). The lowest BCUT2D eigenvalue weighted by atomic mass is 10.1. The van der Waals surface area contributed by atoms with E-state index in [-0.39, 0.29) is 19.3 Å². The Morgan fingerprint density at radius 3 is 2.62 bits per heavy atom.